The van der Waals surface area contributed by atoms with E-state index in [2.05, 4.69) is 30.1 Å². The molecular weight excluding hydrogens is 338 g/mol. The normalized spacial score (nSPS) is 32.4. The van der Waals surface area contributed by atoms with Gasteiger partial charge in [-0.1, -0.05) is 13.0 Å². The molecule has 4 heteroatoms. The summed E-state index contributed by atoms with van der Waals surface area (Å²) in [5.41, 5.74) is 2.75. The van der Waals surface area contributed by atoms with Crippen LogP contribution in [0.3, 0.4) is 0 Å². The molecule has 0 amide bonds. The van der Waals surface area contributed by atoms with Gasteiger partial charge in [0.1, 0.15) is 12.4 Å². The molecule has 0 saturated heterocycles. The number of hydrogen-bond acceptors (Lipinski definition) is 4. The first-order valence-corrected chi connectivity index (χ1v) is 10.0. The molecule has 0 spiro atoms. The number of nitrogens with zero attached hydrogens (tertiary/aromatic N) is 1. The Kier molecular flexibility index (Phi) is 4.73. The number of aromatic nitrogens is 1. The molecule has 2 aliphatic rings. The Morgan fingerprint density at radius 2 is 1.96 bits per heavy atom. The summed E-state index contributed by atoms with van der Waals surface area (Å²) < 4.78 is 6.00. The molecule has 1 heterocycles. The van der Waals surface area contributed by atoms with Crippen molar-refractivity contribution >= 4 is 0 Å². The number of hydrogen-bond donors (Lipinski definition) is 2. The van der Waals surface area contributed by atoms with Gasteiger partial charge in [0.2, 0.25) is 0 Å². The summed E-state index contributed by atoms with van der Waals surface area (Å²) in [5.74, 6) is 1.30. The molecular formula is C23H29NO3. The lowest BCUT2D eigenvalue weighted by Crippen LogP contribution is -2.56. The van der Waals surface area contributed by atoms with Gasteiger partial charge in [0.15, 0.2) is 0 Å². The number of aliphatic hydroxyl groups excluding tert-OH is 1. The zero-order chi connectivity index (χ0) is 19.1. The second-order valence-corrected chi connectivity index (χ2v) is 8.49. The maximum Gasteiger partial charge on any atom is 0.120 e. The van der Waals surface area contributed by atoms with E-state index in [1.54, 1.807) is 19.3 Å². The minimum atomic E-state index is -0.978. The van der Waals surface area contributed by atoms with Gasteiger partial charge in [-0.3, -0.25) is 4.98 Å². The Hall–Kier alpha value is -1.91. The van der Waals surface area contributed by atoms with Crippen LogP contribution in [0.5, 0.6) is 5.75 Å². The second kappa shape index (κ2) is 6.92. The Morgan fingerprint density at radius 1 is 1.19 bits per heavy atom. The van der Waals surface area contributed by atoms with Crippen LogP contribution in [0.25, 0.3) is 0 Å². The van der Waals surface area contributed by atoms with Gasteiger partial charge in [0.25, 0.3) is 0 Å². The van der Waals surface area contributed by atoms with Crippen molar-refractivity contribution in [1.29, 1.82) is 0 Å². The molecule has 1 aromatic heterocycles. The maximum atomic E-state index is 10.6. The first-order valence-electron chi connectivity index (χ1n) is 10.0. The summed E-state index contributed by atoms with van der Waals surface area (Å²) in [7, 11) is 0. The van der Waals surface area contributed by atoms with Gasteiger partial charge in [-0.05, 0) is 85.9 Å². The van der Waals surface area contributed by atoms with Crippen molar-refractivity contribution in [3.63, 3.8) is 0 Å². The van der Waals surface area contributed by atoms with Crippen LogP contribution in [0.4, 0.5) is 0 Å². The predicted octanol–water partition coefficient (Wildman–Crippen LogP) is 3.78. The van der Waals surface area contributed by atoms with Crippen molar-refractivity contribution in [2.24, 2.45) is 5.92 Å². The van der Waals surface area contributed by atoms with Crippen molar-refractivity contribution < 1.29 is 14.9 Å². The van der Waals surface area contributed by atoms with E-state index in [9.17, 15) is 10.2 Å². The van der Waals surface area contributed by atoms with Gasteiger partial charge < -0.3 is 14.9 Å². The zero-order valence-corrected chi connectivity index (χ0v) is 16.2. The zero-order valence-electron chi connectivity index (χ0n) is 16.2. The fraction of sp³-hybridized carbons (Fsp3) is 0.522. The van der Waals surface area contributed by atoms with E-state index in [0.717, 1.165) is 30.6 Å². The Balaban J connectivity index is 1.59. The first-order chi connectivity index (χ1) is 12.9. The standard InChI is InChI=1S/C23H29NO3/c1-3-23-14-21(25)22(2,26)13-18(23)5-4-17-12-19(6-7-20(17)23)27-15-16-8-10-24-11-9-16/h6-12,18,21,25-26H,3-5,13-15H2,1-2H3/t18-,21+,22+,23-/m1/s1. The third-order valence-corrected chi connectivity index (χ3v) is 6.88. The number of rotatable bonds is 4. The molecule has 1 fully saturated rings. The van der Waals surface area contributed by atoms with Gasteiger partial charge >= 0.3 is 0 Å². The third-order valence-electron chi connectivity index (χ3n) is 6.88. The lowest BCUT2D eigenvalue weighted by molar-refractivity contribution is -0.129. The van der Waals surface area contributed by atoms with Crippen LogP contribution in [0.15, 0.2) is 42.7 Å². The number of benzene rings is 1. The van der Waals surface area contributed by atoms with Gasteiger partial charge in [-0.2, -0.15) is 0 Å². The number of pyridine rings is 1. The summed E-state index contributed by atoms with van der Waals surface area (Å²) in [6.45, 7) is 4.52. The summed E-state index contributed by atoms with van der Waals surface area (Å²) in [6.07, 6.45) is 7.21. The average molecular weight is 367 g/mol. The van der Waals surface area contributed by atoms with Gasteiger partial charge in [-0.25, -0.2) is 0 Å². The van der Waals surface area contributed by atoms with Crippen LogP contribution in [-0.4, -0.2) is 26.9 Å². The van der Waals surface area contributed by atoms with Gasteiger partial charge in [0.05, 0.1) is 11.7 Å². The van der Waals surface area contributed by atoms with Crippen LogP contribution < -0.4 is 4.74 Å². The van der Waals surface area contributed by atoms with Crippen LogP contribution in [-0.2, 0) is 18.4 Å². The lowest BCUT2D eigenvalue weighted by Gasteiger charge is -2.54. The highest BCUT2D eigenvalue weighted by Gasteiger charge is 2.53. The minimum absolute atomic E-state index is 0.0428. The molecule has 1 aromatic carbocycles. The van der Waals surface area contributed by atoms with Crippen molar-refractivity contribution in [3.8, 4) is 5.75 Å². The Labute approximate surface area is 161 Å². The molecule has 0 bridgehead atoms. The summed E-state index contributed by atoms with van der Waals surface area (Å²) in [5, 5.41) is 21.2. The summed E-state index contributed by atoms with van der Waals surface area (Å²) >= 11 is 0. The molecule has 4 nitrogen and oxygen atoms in total. The quantitative estimate of drug-likeness (QED) is 0.863. The lowest BCUT2D eigenvalue weighted by atomic mass is 9.53. The number of fused-ring (bicyclic) bond motifs is 3. The summed E-state index contributed by atoms with van der Waals surface area (Å²) in [6, 6.07) is 10.3. The molecule has 0 aliphatic heterocycles. The first kappa shape index (κ1) is 18.5. The van der Waals surface area contributed by atoms with Gasteiger partial charge in [-0.15, -0.1) is 0 Å². The molecule has 0 radical (unpaired) electrons. The molecule has 4 atom stereocenters. The van der Waals surface area contributed by atoms with E-state index in [0.29, 0.717) is 25.4 Å². The number of aliphatic hydroxyl groups is 2. The van der Waals surface area contributed by atoms with Crippen molar-refractivity contribution in [3.05, 3.63) is 59.4 Å². The van der Waals surface area contributed by atoms with Crippen LogP contribution in [0.1, 0.15) is 56.2 Å². The fourth-order valence-corrected chi connectivity index (χ4v) is 5.22. The molecule has 0 unspecified atom stereocenters. The largest absolute Gasteiger partial charge is 0.489 e. The Bertz CT molecular complexity index is 805. The Morgan fingerprint density at radius 3 is 2.70 bits per heavy atom. The van der Waals surface area contributed by atoms with E-state index in [4.69, 9.17) is 4.74 Å². The highest BCUT2D eigenvalue weighted by atomic mass is 16.5. The monoisotopic (exact) mass is 367 g/mol. The highest BCUT2D eigenvalue weighted by Crippen LogP contribution is 2.54. The summed E-state index contributed by atoms with van der Waals surface area (Å²) in [4.78, 5) is 4.04. The van der Waals surface area contributed by atoms with Crippen LogP contribution >= 0.6 is 0 Å². The number of ether oxygens (including phenoxy) is 1. The minimum Gasteiger partial charge on any atom is -0.489 e. The van der Waals surface area contributed by atoms with Crippen LogP contribution in [0, 0.1) is 5.92 Å². The van der Waals surface area contributed by atoms with Crippen molar-refractivity contribution in [2.75, 3.05) is 0 Å². The molecule has 4 rings (SSSR count). The SMILES string of the molecule is CC[C@@]12C[C@H](O)[C@@](C)(O)C[C@H]1CCc1cc(OCc3ccncc3)ccc12. The molecule has 144 valence electrons. The molecule has 27 heavy (non-hydrogen) atoms. The highest BCUT2D eigenvalue weighted by molar-refractivity contribution is 5.44. The van der Waals surface area contributed by atoms with E-state index in [1.165, 1.54) is 11.1 Å². The van der Waals surface area contributed by atoms with Crippen molar-refractivity contribution in [1.82, 2.24) is 4.98 Å². The predicted molar refractivity (Wildman–Crippen MR) is 105 cm³/mol. The smallest absolute Gasteiger partial charge is 0.120 e. The van der Waals surface area contributed by atoms with E-state index in [-0.39, 0.29) is 5.41 Å². The fourth-order valence-electron chi connectivity index (χ4n) is 5.22. The molecule has 1 saturated carbocycles. The average Bonchev–Trinajstić information content (AvgIpc) is 2.68. The maximum absolute atomic E-state index is 10.6. The molecule has 2 N–H and O–H groups in total. The van der Waals surface area contributed by atoms with E-state index < -0.39 is 11.7 Å². The molecule has 2 aliphatic carbocycles. The topological polar surface area (TPSA) is 62.6 Å². The third kappa shape index (κ3) is 3.26. The van der Waals surface area contributed by atoms with Crippen molar-refractivity contribution in [2.45, 2.75) is 69.7 Å². The van der Waals surface area contributed by atoms with E-state index >= 15 is 0 Å². The molecule has 2 aromatic rings. The van der Waals surface area contributed by atoms with Crippen LogP contribution in [0.2, 0.25) is 0 Å². The van der Waals surface area contributed by atoms with E-state index in [1.807, 2.05) is 12.1 Å². The number of aryl methyl sites for hydroxylation is 1. The van der Waals surface area contributed by atoms with Gasteiger partial charge in [0, 0.05) is 17.8 Å². The second-order valence-electron chi connectivity index (χ2n) is 8.49.